The third kappa shape index (κ3) is 3.94. The van der Waals surface area contributed by atoms with E-state index in [9.17, 15) is 5.11 Å². The van der Waals surface area contributed by atoms with Crippen LogP contribution in [0.4, 0.5) is 0 Å². The number of hydrogen-bond acceptors (Lipinski definition) is 3. The van der Waals surface area contributed by atoms with E-state index in [1.54, 1.807) is 0 Å². The molecule has 1 saturated heterocycles. The Morgan fingerprint density at radius 1 is 1.28 bits per heavy atom. The number of aliphatic hydroxyl groups is 1. The fourth-order valence-electron chi connectivity index (χ4n) is 3.35. The van der Waals surface area contributed by atoms with Crippen LogP contribution in [0.1, 0.15) is 46.0 Å². The molecule has 0 aromatic rings. The molecule has 0 aromatic heterocycles. The first-order chi connectivity index (χ1) is 8.61. The predicted octanol–water partition coefficient (Wildman–Crippen LogP) is 2.29. The largest absolute Gasteiger partial charge is 0.389 e. The second-order valence-electron chi connectivity index (χ2n) is 6.46. The third-order valence-corrected chi connectivity index (χ3v) is 4.65. The van der Waals surface area contributed by atoms with Gasteiger partial charge >= 0.3 is 0 Å². The maximum Gasteiger partial charge on any atom is 0.0774 e. The minimum atomic E-state index is -0.410. The van der Waals surface area contributed by atoms with Gasteiger partial charge in [0.25, 0.3) is 0 Å². The molecule has 3 heteroatoms. The Morgan fingerprint density at radius 2 is 2.00 bits per heavy atom. The van der Waals surface area contributed by atoms with Gasteiger partial charge in [-0.15, -0.1) is 0 Å². The molecule has 0 radical (unpaired) electrons. The highest BCUT2D eigenvalue weighted by atomic mass is 16.5. The maximum absolute atomic E-state index is 10.6. The number of β-amino-alcohol motifs (C(OH)–C–C–N with tert-alkyl or cyclic N) is 1. The summed E-state index contributed by atoms with van der Waals surface area (Å²) in [6.07, 6.45) is 5.58. The third-order valence-electron chi connectivity index (χ3n) is 4.65. The van der Waals surface area contributed by atoms with Crippen LogP contribution < -0.4 is 0 Å². The molecule has 2 rings (SSSR count). The summed E-state index contributed by atoms with van der Waals surface area (Å²) in [4.78, 5) is 2.44. The Balaban J connectivity index is 1.73. The average molecular weight is 255 g/mol. The Morgan fingerprint density at radius 3 is 2.67 bits per heavy atom. The zero-order valence-corrected chi connectivity index (χ0v) is 12.0. The van der Waals surface area contributed by atoms with Gasteiger partial charge in [-0.05, 0) is 57.4 Å². The molecule has 1 saturated carbocycles. The summed E-state index contributed by atoms with van der Waals surface area (Å²) in [6.45, 7) is 9.18. The van der Waals surface area contributed by atoms with Crippen LogP contribution in [0, 0.1) is 11.8 Å². The minimum absolute atomic E-state index is 0.410. The lowest BCUT2D eigenvalue weighted by atomic mass is 9.79. The number of ether oxygens (including phenoxy) is 1. The van der Waals surface area contributed by atoms with E-state index in [4.69, 9.17) is 4.74 Å². The van der Waals surface area contributed by atoms with Crippen molar-refractivity contribution in [3.8, 4) is 0 Å². The summed E-state index contributed by atoms with van der Waals surface area (Å²) in [5, 5.41) is 10.6. The van der Waals surface area contributed by atoms with E-state index >= 15 is 0 Å². The molecule has 1 heterocycles. The molecular weight excluding hydrogens is 226 g/mol. The molecule has 106 valence electrons. The van der Waals surface area contributed by atoms with Gasteiger partial charge in [0.15, 0.2) is 0 Å². The molecule has 18 heavy (non-hydrogen) atoms. The van der Waals surface area contributed by atoms with Crippen molar-refractivity contribution in [3.05, 3.63) is 0 Å². The van der Waals surface area contributed by atoms with E-state index in [1.165, 1.54) is 19.3 Å². The Kier molecular flexibility index (Phi) is 5.05. The van der Waals surface area contributed by atoms with Gasteiger partial charge < -0.3 is 14.7 Å². The Hall–Kier alpha value is -0.120. The molecule has 3 nitrogen and oxygen atoms in total. The van der Waals surface area contributed by atoms with Gasteiger partial charge in [-0.25, -0.2) is 0 Å². The summed E-state index contributed by atoms with van der Waals surface area (Å²) in [6, 6.07) is 0. The van der Waals surface area contributed by atoms with Crippen LogP contribution in [0.25, 0.3) is 0 Å². The minimum Gasteiger partial charge on any atom is -0.389 e. The second kappa shape index (κ2) is 6.36. The average Bonchev–Trinajstić information content (AvgIpc) is 2.78. The van der Waals surface area contributed by atoms with E-state index in [1.807, 2.05) is 0 Å². The molecule has 2 fully saturated rings. The van der Waals surface area contributed by atoms with Crippen LogP contribution in [0.2, 0.25) is 0 Å². The van der Waals surface area contributed by atoms with Gasteiger partial charge in [0.2, 0.25) is 0 Å². The lowest BCUT2D eigenvalue weighted by molar-refractivity contribution is -0.0319. The van der Waals surface area contributed by atoms with Crippen molar-refractivity contribution in [2.24, 2.45) is 11.8 Å². The molecule has 0 bridgehead atoms. The van der Waals surface area contributed by atoms with Gasteiger partial charge in [-0.2, -0.15) is 0 Å². The highest BCUT2D eigenvalue weighted by Gasteiger charge is 2.35. The zero-order valence-electron chi connectivity index (χ0n) is 12.0. The quantitative estimate of drug-likeness (QED) is 0.818. The lowest BCUT2D eigenvalue weighted by Crippen LogP contribution is -2.44. The van der Waals surface area contributed by atoms with E-state index in [0.29, 0.717) is 5.92 Å². The summed E-state index contributed by atoms with van der Waals surface area (Å²) in [5.74, 6) is 1.48. The predicted molar refractivity (Wildman–Crippen MR) is 73.6 cm³/mol. The maximum atomic E-state index is 10.6. The topological polar surface area (TPSA) is 32.7 Å². The molecule has 0 amide bonds. The summed E-state index contributed by atoms with van der Waals surface area (Å²) >= 11 is 0. The Bertz CT molecular complexity index is 249. The molecule has 2 aliphatic rings. The summed E-state index contributed by atoms with van der Waals surface area (Å²) < 4.78 is 5.51. The monoisotopic (exact) mass is 255 g/mol. The van der Waals surface area contributed by atoms with Crippen molar-refractivity contribution in [2.45, 2.75) is 51.6 Å². The standard InChI is InChI=1S/C15H29NO2/c1-3-18-11-14-6-9-16(10-14)12-15(17)7-4-13(2)5-8-15/h13-14,17H,3-12H2,1-2H3. The van der Waals surface area contributed by atoms with Crippen LogP contribution in [0.3, 0.4) is 0 Å². The number of rotatable bonds is 5. The first kappa shape index (κ1) is 14.3. The van der Waals surface area contributed by atoms with Gasteiger partial charge in [-0.1, -0.05) is 6.92 Å². The number of likely N-dealkylation sites (tertiary alicyclic amines) is 1. The lowest BCUT2D eigenvalue weighted by Gasteiger charge is -2.37. The van der Waals surface area contributed by atoms with Crippen LogP contribution in [-0.4, -0.2) is 48.5 Å². The molecule has 1 aliphatic heterocycles. The smallest absolute Gasteiger partial charge is 0.0774 e. The van der Waals surface area contributed by atoms with Gasteiger partial charge in [0.05, 0.1) is 12.2 Å². The van der Waals surface area contributed by atoms with Crippen molar-refractivity contribution in [1.82, 2.24) is 4.90 Å². The van der Waals surface area contributed by atoms with Gasteiger partial charge in [-0.3, -0.25) is 0 Å². The first-order valence-corrected chi connectivity index (χ1v) is 7.64. The molecule has 1 N–H and O–H groups in total. The molecule has 1 aliphatic carbocycles. The normalized spacial score (nSPS) is 38.2. The van der Waals surface area contributed by atoms with Crippen molar-refractivity contribution < 1.29 is 9.84 Å². The first-order valence-electron chi connectivity index (χ1n) is 7.64. The number of hydrogen-bond donors (Lipinski definition) is 1. The number of nitrogens with zero attached hydrogens (tertiary/aromatic N) is 1. The molecule has 1 atom stereocenters. The SMILES string of the molecule is CCOCC1CCN(CC2(O)CCC(C)CC2)C1. The van der Waals surface area contributed by atoms with Crippen LogP contribution in [-0.2, 0) is 4.74 Å². The Labute approximate surface area is 112 Å². The van der Waals surface area contributed by atoms with Crippen LogP contribution in [0.5, 0.6) is 0 Å². The van der Waals surface area contributed by atoms with Crippen molar-refractivity contribution in [3.63, 3.8) is 0 Å². The van der Waals surface area contributed by atoms with E-state index < -0.39 is 5.60 Å². The highest BCUT2D eigenvalue weighted by molar-refractivity contribution is 4.89. The molecule has 0 aromatic carbocycles. The highest BCUT2D eigenvalue weighted by Crippen LogP contribution is 2.33. The van der Waals surface area contributed by atoms with Crippen LogP contribution in [0.15, 0.2) is 0 Å². The zero-order chi connectivity index (χ0) is 13.0. The summed E-state index contributed by atoms with van der Waals surface area (Å²) in [5.41, 5.74) is -0.410. The fourth-order valence-corrected chi connectivity index (χ4v) is 3.35. The molecule has 0 spiro atoms. The van der Waals surface area contributed by atoms with Crippen molar-refractivity contribution in [1.29, 1.82) is 0 Å². The molecule has 1 unspecified atom stereocenters. The van der Waals surface area contributed by atoms with Crippen LogP contribution >= 0.6 is 0 Å². The van der Waals surface area contributed by atoms with E-state index in [0.717, 1.165) is 51.6 Å². The van der Waals surface area contributed by atoms with Gasteiger partial charge in [0.1, 0.15) is 0 Å². The fraction of sp³-hybridized carbons (Fsp3) is 1.00. The van der Waals surface area contributed by atoms with Gasteiger partial charge in [0, 0.05) is 19.7 Å². The van der Waals surface area contributed by atoms with E-state index in [2.05, 4.69) is 18.7 Å². The second-order valence-corrected chi connectivity index (χ2v) is 6.46. The van der Waals surface area contributed by atoms with Crippen molar-refractivity contribution >= 4 is 0 Å². The van der Waals surface area contributed by atoms with Crippen molar-refractivity contribution in [2.75, 3.05) is 32.8 Å². The molecular formula is C15H29NO2. The van der Waals surface area contributed by atoms with E-state index in [-0.39, 0.29) is 0 Å². The summed E-state index contributed by atoms with van der Waals surface area (Å²) in [7, 11) is 0.